The van der Waals surface area contributed by atoms with Crippen LogP contribution in [-0.2, 0) is 6.42 Å². The van der Waals surface area contributed by atoms with Gasteiger partial charge in [0.2, 0.25) is 0 Å². The lowest BCUT2D eigenvalue weighted by Gasteiger charge is -2.09. The van der Waals surface area contributed by atoms with E-state index in [1.54, 1.807) is 23.7 Å². The predicted octanol–water partition coefficient (Wildman–Crippen LogP) is 2.05. The summed E-state index contributed by atoms with van der Waals surface area (Å²) in [7, 11) is 0. The lowest BCUT2D eigenvalue weighted by molar-refractivity contribution is 0.0955. The van der Waals surface area contributed by atoms with Gasteiger partial charge >= 0.3 is 0 Å². The van der Waals surface area contributed by atoms with Crippen LogP contribution >= 0.6 is 22.9 Å². The zero-order chi connectivity index (χ0) is 13.7. The number of anilines is 1. The molecule has 0 saturated carbocycles. The molecule has 0 aliphatic carbocycles. The van der Waals surface area contributed by atoms with E-state index in [-0.39, 0.29) is 5.91 Å². The van der Waals surface area contributed by atoms with Gasteiger partial charge in [0, 0.05) is 23.4 Å². The Hall–Kier alpha value is -1.63. The van der Waals surface area contributed by atoms with Crippen molar-refractivity contribution in [3.8, 4) is 0 Å². The van der Waals surface area contributed by atoms with Crippen LogP contribution in [0.25, 0.3) is 0 Å². The lowest BCUT2D eigenvalue weighted by atomic mass is 10.1. The highest BCUT2D eigenvalue weighted by Gasteiger charge is 2.11. The minimum atomic E-state index is -0.217. The van der Waals surface area contributed by atoms with Crippen LogP contribution in [0.15, 0.2) is 29.1 Å². The highest BCUT2D eigenvalue weighted by atomic mass is 35.5. The quantitative estimate of drug-likeness (QED) is 0.583. The zero-order valence-electron chi connectivity index (χ0n) is 10.0. The van der Waals surface area contributed by atoms with Crippen LogP contribution in [-0.4, -0.2) is 17.4 Å². The van der Waals surface area contributed by atoms with Crippen LogP contribution in [0.5, 0.6) is 0 Å². The number of amides is 1. The molecule has 0 aliphatic heterocycles. The van der Waals surface area contributed by atoms with Gasteiger partial charge in [0.25, 0.3) is 5.91 Å². The number of nitrogens with zero attached hydrogens (tertiary/aromatic N) is 1. The van der Waals surface area contributed by atoms with Gasteiger partial charge in [-0.3, -0.25) is 10.6 Å². The van der Waals surface area contributed by atoms with Crippen LogP contribution in [0.4, 0.5) is 5.69 Å². The predicted molar refractivity (Wildman–Crippen MR) is 77.4 cm³/mol. The summed E-state index contributed by atoms with van der Waals surface area (Å²) in [5.41, 5.74) is 6.17. The minimum absolute atomic E-state index is 0.217. The van der Waals surface area contributed by atoms with E-state index in [1.165, 1.54) is 11.3 Å². The van der Waals surface area contributed by atoms with E-state index in [2.05, 4.69) is 15.7 Å². The van der Waals surface area contributed by atoms with Gasteiger partial charge in [0.05, 0.1) is 22.5 Å². The Bertz CT molecular complexity index is 559. The van der Waals surface area contributed by atoms with Crippen molar-refractivity contribution in [1.29, 1.82) is 0 Å². The lowest BCUT2D eigenvalue weighted by Crippen LogP contribution is -2.27. The number of halogens is 1. The first-order valence-electron chi connectivity index (χ1n) is 5.62. The van der Waals surface area contributed by atoms with Gasteiger partial charge in [0.15, 0.2) is 0 Å². The van der Waals surface area contributed by atoms with Gasteiger partial charge in [-0.15, -0.1) is 11.3 Å². The van der Waals surface area contributed by atoms with Crippen molar-refractivity contribution in [3.05, 3.63) is 45.4 Å². The average molecular weight is 297 g/mol. The number of carbonyl (C=O) groups is 1. The van der Waals surface area contributed by atoms with Crippen molar-refractivity contribution in [2.24, 2.45) is 5.84 Å². The fourth-order valence-corrected chi connectivity index (χ4v) is 2.36. The molecule has 1 amide bonds. The maximum absolute atomic E-state index is 12.0. The highest BCUT2D eigenvalue weighted by Crippen LogP contribution is 2.19. The molecule has 0 fully saturated rings. The standard InChI is InChI=1S/C12H13ClN4OS/c13-8-1-2-11(17-14)10(5-8)12(18)15-4-3-9-6-19-7-16-9/h1-2,5-7,17H,3-4,14H2,(H,15,18). The number of nitrogens with two attached hydrogens (primary N) is 1. The average Bonchev–Trinajstić information content (AvgIpc) is 2.91. The molecule has 1 aromatic heterocycles. The number of hydrogen-bond acceptors (Lipinski definition) is 5. The van der Waals surface area contributed by atoms with E-state index >= 15 is 0 Å². The second-order valence-corrected chi connectivity index (χ2v) is 4.98. The third-order valence-electron chi connectivity index (χ3n) is 2.53. The Kier molecular flexibility index (Phi) is 4.73. The molecule has 4 N–H and O–H groups in total. The molecule has 0 spiro atoms. The summed E-state index contributed by atoms with van der Waals surface area (Å²) in [4.78, 5) is 16.2. The zero-order valence-corrected chi connectivity index (χ0v) is 11.6. The van der Waals surface area contributed by atoms with Crippen LogP contribution < -0.4 is 16.6 Å². The molecule has 7 heteroatoms. The SMILES string of the molecule is NNc1ccc(Cl)cc1C(=O)NCCc1cscn1. The van der Waals surface area contributed by atoms with Crippen LogP contribution in [0, 0.1) is 0 Å². The third-order valence-corrected chi connectivity index (χ3v) is 3.40. The van der Waals surface area contributed by atoms with E-state index < -0.39 is 0 Å². The Morgan fingerprint density at radius 1 is 1.47 bits per heavy atom. The normalized spacial score (nSPS) is 10.2. The second kappa shape index (κ2) is 6.51. The minimum Gasteiger partial charge on any atom is -0.352 e. The van der Waals surface area contributed by atoms with E-state index in [9.17, 15) is 4.79 Å². The van der Waals surface area contributed by atoms with Gasteiger partial charge in [-0.25, -0.2) is 4.98 Å². The summed E-state index contributed by atoms with van der Waals surface area (Å²) >= 11 is 7.41. The van der Waals surface area contributed by atoms with Crippen molar-refractivity contribution >= 4 is 34.5 Å². The molecule has 1 aromatic carbocycles. The third kappa shape index (κ3) is 3.66. The van der Waals surface area contributed by atoms with Crippen molar-refractivity contribution in [3.63, 3.8) is 0 Å². The summed E-state index contributed by atoms with van der Waals surface area (Å²) in [6, 6.07) is 4.91. The maximum atomic E-state index is 12.0. The molecule has 0 bridgehead atoms. The van der Waals surface area contributed by atoms with Crippen molar-refractivity contribution in [1.82, 2.24) is 10.3 Å². The molecule has 0 saturated heterocycles. The van der Waals surface area contributed by atoms with E-state index in [1.807, 2.05) is 5.38 Å². The molecule has 1 heterocycles. The summed E-state index contributed by atoms with van der Waals surface area (Å²) < 4.78 is 0. The largest absolute Gasteiger partial charge is 0.352 e. The number of hydrazine groups is 1. The molecule has 0 radical (unpaired) electrons. The summed E-state index contributed by atoms with van der Waals surface area (Å²) in [6.07, 6.45) is 0.696. The molecular weight excluding hydrogens is 284 g/mol. The molecule has 0 unspecified atom stereocenters. The van der Waals surface area contributed by atoms with Gasteiger partial charge in [-0.2, -0.15) is 0 Å². The summed E-state index contributed by atoms with van der Waals surface area (Å²) in [6.45, 7) is 0.513. The fraction of sp³-hybridized carbons (Fsp3) is 0.167. The molecule has 5 nitrogen and oxygen atoms in total. The number of thiazole rings is 1. The Labute approximate surface area is 119 Å². The van der Waals surface area contributed by atoms with Crippen LogP contribution in [0.3, 0.4) is 0 Å². The van der Waals surface area contributed by atoms with Crippen molar-refractivity contribution < 1.29 is 4.79 Å². The molecular formula is C12H13ClN4OS. The van der Waals surface area contributed by atoms with Crippen LogP contribution in [0.2, 0.25) is 5.02 Å². The molecule has 2 rings (SSSR count). The molecule has 19 heavy (non-hydrogen) atoms. The first-order chi connectivity index (χ1) is 9.20. The molecule has 0 aliphatic rings. The number of benzene rings is 1. The summed E-state index contributed by atoms with van der Waals surface area (Å²) in [5.74, 6) is 5.15. The number of rotatable bonds is 5. The second-order valence-electron chi connectivity index (χ2n) is 3.82. The molecule has 100 valence electrons. The maximum Gasteiger partial charge on any atom is 0.253 e. The Balaban J connectivity index is 1.97. The molecule has 2 aromatic rings. The number of carbonyl (C=O) groups excluding carboxylic acids is 1. The monoisotopic (exact) mass is 296 g/mol. The Morgan fingerprint density at radius 2 is 2.32 bits per heavy atom. The number of aromatic nitrogens is 1. The van der Waals surface area contributed by atoms with Crippen molar-refractivity contribution in [2.45, 2.75) is 6.42 Å². The smallest absolute Gasteiger partial charge is 0.253 e. The molecule has 0 atom stereocenters. The van der Waals surface area contributed by atoms with Gasteiger partial charge in [0.1, 0.15) is 0 Å². The topological polar surface area (TPSA) is 80.0 Å². The highest BCUT2D eigenvalue weighted by molar-refractivity contribution is 7.07. The van der Waals surface area contributed by atoms with Crippen molar-refractivity contribution in [2.75, 3.05) is 12.0 Å². The Morgan fingerprint density at radius 3 is 3.00 bits per heavy atom. The number of nitrogen functional groups attached to an aromatic ring is 1. The number of nitrogens with one attached hydrogen (secondary N) is 2. The van der Waals surface area contributed by atoms with E-state index in [0.717, 1.165) is 5.69 Å². The van der Waals surface area contributed by atoms with Gasteiger partial charge in [-0.05, 0) is 18.2 Å². The van der Waals surface area contributed by atoms with Gasteiger partial charge < -0.3 is 10.7 Å². The van der Waals surface area contributed by atoms with Crippen LogP contribution in [0.1, 0.15) is 16.1 Å². The number of hydrogen-bond donors (Lipinski definition) is 3. The summed E-state index contributed by atoms with van der Waals surface area (Å²) in [5, 5.41) is 5.26. The first kappa shape index (κ1) is 13.8. The van der Waals surface area contributed by atoms with E-state index in [4.69, 9.17) is 17.4 Å². The van der Waals surface area contributed by atoms with Gasteiger partial charge in [-0.1, -0.05) is 11.6 Å². The fourth-order valence-electron chi connectivity index (χ4n) is 1.59. The first-order valence-corrected chi connectivity index (χ1v) is 6.94. The van der Waals surface area contributed by atoms with E-state index in [0.29, 0.717) is 29.2 Å².